The van der Waals surface area contributed by atoms with Gasteiger partial charge >= 0.3 is 0 Å². The Morgan fingerprint density at radius 2 is 0.887 bits per heavy atom. The Bertz CT molecular complexity index is 3570. The molecule has 0 fully saturated rings. The predicted octanol–water partition coefficient (Wildman–Crippen LogP) is 16.4. The van der Waals surface area contributed by atoms with Gasteiger partial charge in [-0.05, 0) is 108 Å². The van der Waals surface area contributed by atoms with Crippen LogP contribution in [0.1, 0.15) is 0 Å². The maximum Gasteiger partial charge on any atom is 0.137 e. The van der Waals surface area contributed by atoms with Crippen LogP contribution in [0.5, 0.6) is 0 Å². The zero-order valence-electron chi connectivity index (χ0n) is 33.8. The van der Waals surface area contributed by atoms with Crippen molar-refractivity contribution in [3.8, 4) is 16.8 Å². The standard InChI is InChI=1S/C58H39N3O/c1-4-17-41(18-5-1)59(45-35-36-50-49-25-12-14-27-52(49)61(55(50)39-45)43-21-8-3-9-22-43)44-33-31-40(32-34-44)46-37-38-53(48-24-11-10-23-47(46)48)60(42-19-6-2-7-20-42)54-28-16-30-57-58(54)51-26-13-15-29-56(51)62-57/h1-39H. The number of hydrogen-bond donors (Lipinski definition) is 0. The van der Waals surface area contributed by atoms with Crippen LogP contribution in [0.25, 0.3) is 71.3 Å². The van der Waals surface area contributed by atoms with Gasteiger partial charge in [-0.15, -0.1) is 0 Å². The normalized spacial score (nSPS) is 11.5. The zero-order valence-corrected chi connectivity index (χ0v) is 33.8. The van der Waals surface area contributed by atoms with E-state index in [1.54, 1.807) is 0 Å². The van der Waals surface area contributed by atoms with Gasteiger partial charge in [0.05, 0.1) is 27.8 Å². The van der Waals surface area contributed by atoms with E-state index in [2.05, 4.69) is 239 Å². The second kappa shape index (κ2) is 14.7. The molecule has 0 saturated carbocycles. The van der Waals surface area contributed by atoms with E-state index < -0.39 is 0 Å². The quantitative estimate of drug-likeness (QED) is 0.153. The van der Waals surface area contributed by atoms with E-state index in [1.807, 2.05) is 12.1 Å². The molecule has 0 spiro atoms. The molecule has 12 aromatic rings. The lowest BCUT2D eigenvalue weighted by Gasteiger charge is -2.28. The third-order valence-corrected chi connectivity index (χ3v) is 12.2. The van der Waals surface area contributed by atoms with Crippen LogP contribution in [0.4, 0.5) is 34.1 Å². The highest BCUT2D eigenvalue weighted by atomic mass is 16.3. The number of para-hydroxylation sites is 5. The highest BCUT2D eigenvalue weighted by Gasteiger charge is 2.22. The summed E-state index contributed by atoms with van der Waals surface area (Å²) >= 11 is 0. The van der Waals surface area contributed by atoms with Crippen LogP contribution in [0.2, 0.25) is 0 Å². The molecule has 0 aliphatic heterocycles. The van der Waals surface area contributed by atoms with Crippen LogP contribution in [0, 0.1) is 0 Å². The number of aromatic nitrogens is 1. The molecule has 0 saturated heterocycles. The van der Waals surface area contributed by atoms with E-state index in [-0.39, 0.29) is 0 Å². The van der Waals surface area contributed by atoms with E-state index in [4.69, 9.17) is 4.42 Å². The Morgan fingerprint density at radius 3 is 1.65 bits per heavy atom. The van der Waals surface area contributed by atoms with Crippen LogP contribution in [0.15, 0.2) is 241 Å². The molecule has 4 nitrogen and oxygen atoms in total. The highest BCUT2D eigenvalue weighted by Crippen LogP contribution is 2.47. The second-order valence-electron chi connectivity index (χ2n) is 15.7. The van der Waals surface area contributed by atoms with Crippen molar-refractivity contribution in [2.75, 3.05) is 9.80 Å². The SMILES string of the molecule is c1ccc(N(c2ccc(-c3ccc(N(c4ccccc4)c4cccc5oc6ccccc6c45)c4ccccc34)cc2)c2ccc3c4ccccc4n(-c4ccccc4)c3c2)cc1. The maximum absolute atomic E-state index is 6.39. The minimum absolute atomic E-state index is 0.869. The van der Waals surface area contributed by atoms with Gasteiger partial charge in [0.15, 0.2) is 0 Å². The molecule has 0 N–H and O–H groups in total. The van der Waals surface area contributed by atoms with Crippen LogP contribution < -0.4 is 9.80 Å². The van der Waals surface area contributed by atoms with E-state index in [9.17, 15) is 0 Å². The average molecular weight is 794 g/mol. The minimum Gasteiger partial charge on any atom is -0.456 e. The average Bonchev–Trinajstić information content (AvgIpc) is 3.89. The van der Waals surface area contributed by atoms with E-state index in [1.165, 1.54) is 32.8 Å². The van der Waals surface area contributed by atoms with Crippen molar-refractivity contribution >= 4 is 88.6 Å². The molecule has 0 atom stereocenters. The van der Waals surface area contributed by atoms with Crippen molar-refractivity contribution in [2.24, 2.45) is 0 Å². The van der Waals surface area contributed by atoms with Crippen LogP contribution in [-0.4, -0.2) is 4.57 Å². The molecule has 2 heterocycles. The van der Waals surface area contributed by atoms with Gasteiger partial charge in [-0.25, -0.2) is 0 Å². The number of anilines is 6. The largest absolute Gasteiger partial charge is 0.456 e. The Morgan fingerprint density at radius 1 is 0.323 bits per heavy atom. The number of nitrogens with zero attached hydrogens (tertiary/aromatic N) is 3. The summed E-state index contributed by atoms with van der Waals surface area (Å²) in [6.07, 6.45) is 0. The summed E-state index contributed by atoms with van der Waals surface area (Å²) in [7, 11) is 0. The van der Waals surface area contributed by atoms with Gasteiger partial charge in [-0.3, -0.25) is 0 Å². The van der Waals surface area contributed by atoms with Gasteiger partial charge < -0.3 is 18.8 Å². The smallest absolute Gasteiger partial charge is 0.137 e. The molecule has 0 bridgehead atoms. The number of hydrogen-bond acceptors (Lipinski definition) is 3. The molecule has 0 radical (unpaired) electrons. The Balaban J connectivity index is 0.986. The van der Waals surface area contributed by atoms with Crippen LogP contribution in [0.3, 0.4) is 0 Å². The third kappa shape index (κ3) is 5.84. The fourth-order valence-electron chi connectivity index (χ4n) is 9.42. The number of rotatable bonds is 8. The molecule has 0 amide bonds. The molecule has 0 unspecified atom stereocenters. The predicted molar refractivity (Wildman–Crippen MR) is 260 cm³/mol. The van der Waals surface area contributed by atoms with E-state index in [0.29, 0.717) is 0 Å². The monoisotopic (exact) mass is 793 g/mol. The molecule has 4 heteroatoms. The van der Waals surface area contributed by atoms with Crippen molar-refractivity contribution in [3.63, 3.8) is 0 Å². The summed E-state index contributed by atoms with van der Waals surface area (Å²) in [6.45, 7) is 0. The highest BCUT2D eigenvalue weighted by molar-refractivity contribution is 6.15. The van der Waals surface area contributed by atoms with Gasteiger partial charge in [0.2, 0.25) is 0 Å². The van der Waals surface area contributed by atoms with Gasteiger partial charge in [0.25, 0.3) is 0 Å². The fourth-order valence-corrected chi connectivity index (χ4v) is 9.42. The third-order valence-electron chi connectivity index (χ3n) is 12.2. The number of fused-ring (bicyclic) bond motifs is 7. The summed E-state index contributed by atoms with van der Waals surface area (Å²) in [5, 5.41) is 7.01. The fraction of sp³-hybridized carbons (Fsp3) is 0. The van der Waals surface area contributed by atoms with E-state index >= 15 is 0 Å². The van der Waals surface area contributed by atoms with Crippen molar-refractivity contribution < 1.29 is 4.42 Å². The molecule has 12 rings (SSSR count). The molecule has 2 aromatic heterocycles. The summed E-state index contributed by atoms with van der Waals surface area (Å²) < 4.78 is 8.77. The molecular formula is C58H39N3O. The maximum atomic E-state index is 6.39. The Labute approximate surface area is 359 Å². The molecule has 0 aliphatic rings. The summed E-state index contributed by atoms with van der Waals surface area (Å²) in [5.41, 5.74) is 14.1. The van der Waals surface area contributed by atoms with Crippen molar-refractivity contribution in [3.05, 3.63) is 237 Å². The van der Waals surface area contributed by atoms with Crippen LogP contribution >= 0.6 is 0 Å². The van der Waals surface area contributed by atoms with E-state index in [0.717, 1.165) is 72.7 Å². The van der Waals surface area contributed by atoms with Gasteiger partial charge in [0.1, 0.15) is 11.2 Å². The number of benzene rings is 10. The molecule has 62 heavy (non-hydrogen) atoms. The first-order valence-corrected chi connectivity index (χ1v) is 21.1. The van der Waals surface area contributed by atoms with Crippen LogP contribution in [-0.2, 0) is 0 Å². The first-order chi connectivity index (χ1) is 30.8. The second-order valence-corrected chi connectivity index (χ2v) is 15.7. The summed E-state index contributed by atoms with van der Waals surface area (Å²) in [4.78, 5) is 4.74. The first-order valence-electron chi connectivity index (χ1n) is 21.1. The molecule has 292 valence electrons. The van der Waals surface area contributed by atoms with Crippen molar-refractivity contribution in [2.45, 2.75) is 0 Å². The summed E-state index contributed by atoms with van der Waals surface area (Å²) in [5.74, 6) is 0. The molecular weight excluding hydrogens is 755 g/mol. The van der Waals surface area contributed by atoms with Gasteiger partial charge in [-0.1, -0.05) is 146 Å². The topological polar surface area (TPSA) is 24.6 Å². The van der Waals surface area contributed by atoms with Crippen molar-refractivity contribution in [1.82, 2.24) is 4.57 Å². The minimum atomic E-state index is 0.869. The molecule has 10 aromatic carbocycles. The summed E-state index contributed by atoms with van der Waals surface area (Å²) in [6, 6.07) is 84.5. The molecule has 0 aliphatic carbocycles. The van der Waals surface area contributed by atoms with Gasteiger partial charge in [-0.2, -0.15) is 0 Å². The number of furan rings is 1. The lowest BCUT2D eigenvalue weighted by molar-refractivity contribution is 0.669. The Hall–Kier alpha value is -8.34. The zero-order chi connectivity index (χ0) is 41.0. The first kappa shape index (κ1) is 35.6. The lowest BCUT2D eigenvalue weighted by atomic mass is 9.95. The Kier molecular flexibility index (Phi) is 8.46. The van der Waals surface area contributed by atoms with Gasteiger partial charge in [0, 0.05) is 50.0 Å². The van der Waals surface area contributed by atoms with Crippen molar-refractivity contribution in [1.29, 1.82) is 0 Å². The lowest BCUT2D eigenvalue weighted by Crippen LogP contribution is -2.11.